The number of allylic oxidation sites excluding steroid dienone is 2. The molecule has 0 saturated carbocycles. The fraction of sp³-hybridized carbons (Fsp3) is 0.294. The largest absolute Gasteiger partial charge is 0.505 e. The molecule has 23 heavy (non-hydrogen) atoms. The second-order valence-corrected chi connectivity index (χ2v) is 5.60. The third kappa shape index (κ3) is 2.45. The molecule has 2 N–H and O–H groups in total. The molecule has 6 nitrogen and oxygen atoms in total. The molecule has 0 fully saturated rings. The number of amides is 1. The van der Waals surface area contributed by atoms with Gasteiger partial charge in [-0.2, -0.15) is 5.26 Å². The number of hydrogen-bond acceptors (Lipinski definition) is 5. The molecule has 2 heterocycles. The van der Waals surface area contributed by atoms with Gasteiger partial charge in [0.05, 0.1) is 23.4 Å². The Balaban J connectivity index is 2.07. The Morgan fingerprint density at radius 1 is 1.52 bits per heavy atom. The molecule has 0 bridgehead atoms. The molecule has 0 unspecified atom stereocenters. The minimum atomic E-state index is -0.461. The van der Waals surface area contributed by atoms with Crippen LogP contribution in [0.3, 0.4) is 0 Å². The smallest absolute Gasteiger partial charge is 0.260 e. The van der Waals surface area contributed by atoms with Crippen LogP contribution in [0.4, 0.5) is 5.69 Å². The van der Waals surface area contributed by atoms with Crippen molar-refractivity contribution in [3.63, 3.8) is 0 Å². The van der Waals surface area contributed by atoms with Crippen molar-refractivity contribution in [2.75, 3.05) is 12.4 Å². The average molecular weight is 311 g/mol. The van der Waals surface area contributed by atoms with Crippen LogP contribution < -0.4 is 5.32 Å². The van der Waals surface area contributed by atoms with Crippen LogP contribution in [0.15, 0.2) is 36.1 Å². The van der Waals surface area contributed by atoms with Crippen LogP contribution >= 0.6 is 0 Å². The highest BCUT2D eigenvalue weighted by molar-refractivity contribution is 6.03. The van der Waals surface area contributed by atoms with Crippen molar-refractivity contribution in [2.45, 2.75) is 25.6 Å². The average Bonchev–Trinajstić information content (AvgIpc) is 2.93. The van der Waals surface area contributed by atoms with E-state index in [0.717, 1.165) is 5.57 Å². The highest BCUT2D eigenvalue weighted by atomic mass is 16.5. The molecule has 2 atom stereocenters. The first kappa shape index (κ1) is 15.1. The zero-order chi connectivity index (χ0) is 16.6. The van der Waals surface area contributed by atoms with E-state index < -0.39 is 6.23 Å². The fourth-order valence-electron chi connectivity index (χ4n) is 3.00. The van der Waals surface area contributed by atoms with Crippen LogP contribution in [-0.4, -0.2) is 35.3 Å². The Hall–Kier alpha value is -2.78. The van der Waals surface area contributed by atoms with Gasteiger partial charge >= 0.3 is 0 Å². The Bertz CT molecular complexity index is 761. The minimum Gasteiger partial charge on any atom is -0.505 e. The molecule has 3 rings (SSSR count). The number of aromatic hydroxyl groups is 1. The first-order valence-electron chi connectivity index (χ1n) is 7.28. The number of ether oxygens (including phenoxy) is 1. The molecular formula is C17H17N3O3. The quantitative estimate of drug-likeness (QED) is 0.646. The summed E-state index contributed by atoms with van der Waals surface area (Å²) in [4.78, 5) is 14.5. The minimum absolute atomic E-state index is 0.0626. The standard InChI is InChI=1S/C17H17N3O3/c1-10-5-6-12-14(15(10)21)19-16(23-2)13-8-11(4-3-7-18)9-20(13)17(12)22/h3-6,9,13,16,19,21H,8H2,1-2H3/b4-3+/t13-,16+/m0/s1. The molecule has 1 amide bonds. The van der Waals surface area contributed by atoms with Gasteiger partial charge in [0.15, 0.2) is 0 Å². The van der Waals surface area contributed by atoms with Crippen molar-refractivity contribution >= 4 is 11.6 Å². The van der Waals surface area contributed by atoms with Crippen LogP contribution in [0.2, 0.25) is 0 Å². The maximum Gasteiger partial charge on any atom is 0.260 e. The number of carbonyl (C=O) groups is 1. The van der Waals surface area contributed by atoms with E-state index in [9.17, 15) is 9.90 Å². The lowest BCUT2D eigenvalue weighted by Gasteiger charge is -2.27. The molecule has 2 aliphatic rings. The van der Waals surface area contributed by atoms with Crippen LogP contribution in [-0.2, 0) is 4.74 Å². The molecule has 2 aliphatic heterocycles. The molecule has 118 valence electrons. The van der Waals surface area contributed by atoms with Gasteiger partial charge in [0.1, 0.15) is 12.0 Å². The molecule has 0 radical (unpaired) electrons. The van der Waals surface area contributed by atoms with E-state index in [-0.39, 0.29) is 17.7 Å². The van der Waals surface area contributed by atoms with Crippen molar-refractivity contribution in [3.05, 3.63) is 47.2 Å². The summed E-state index contributed by atoms with van der Waals surface area (Å²) in [6.45, 7) is 1.78. The molecule has 1 aromatic carbocycles. The number of phenolic OH excluding ortho intramolecular Hbond substituents is 1. The van der Waals surface area contributed by atoms with Crippen molar-refractivity contribution in [1.29, 1.82) is 5.26 Å². The summed E-state index contributed by atoms with van der Waals surface area (Å²) < 4.78 is 5.50. The maximum atomic E-state index is 12.8. The number of methoxy groups -OCH3 is 1. The Morgan fingerprint density at radius 3 is 3.00 bits per heavy atom. The third-order valence-electron chi connectivity index (χ3n) is 4.21. The molecule has 0 aromatic heterocycles. The van der Waals surface area contributed by atoms with Crippen LogP contribution in [0, 0.1) is 18.3 Å². The highest BCUT2D eigenvalue weighted by Gasteiger charge is 2.40. The number of aryl methyl sites for hydroxylation is 1. The van der Waals surface area contributed by atoms with Crippen molar-refractivity contribution < 1.29 is 14.6 Å². The van der Waals surface area contributed by atoms with E-state index in [1.54, 1.807) is 43.3 Å². The van der Waals surface area contributed by atoms with E-state index >= 15 is 0 Å². The number of nitrogens with zero attached hydrogens (tertiary/aromatic N) is 2. The fourth-order valence-corrected chi connectivity index (χ4v) is 3.00. The third-order valence-corrected chi connectivity index (χ3v) is 4.21. The van der Waals surface area contributed by atoms with E-state index in [1.807, 2.05) is 6.07 Å². The van der Waals surface area contributed by atoms with E-state index in [2.05, 4.69) is 5.32 Å². The first-order valence-corrected chi connectivity index (χ1v) is 7.28. The van der Waals surface area contributed by atoms with Gasteiger partial charge in [-0.3, -0.25) is 4.79 Å². The second kappa shape index (κ2) is 5.78. The Labute approximate surface area is 134 Å². The second-order valence-electron chi connectivity index (χ2n) is 5.60. The number of benzene rings is 1. The zero-order valence-electron chi connectivity index (χ0n) is 12.9. The van der Waals surface area contributed by atoms with Crippen LogP contribution in [0.25, 0.3) is 0 Å². The van der Waals surface area contributed by atoms with Gasteiger partial charge in [-0.15, -0.1) is 0 Å². The predicted molar refractivity (Wildman–Crippen MR) is 84.7 cm³/mol. The summed E-state index contributed by atoms with van der Waals surface area (Å²) in [7, 11) is 1.56. The summed E-state index contributed by atoms with van der Waals surface area (Å²) in [6.07, 6.45) is 4.93. The molecule has 1 aromatic rings. The number of carbonyl (C=O) groups excluding carboxylic acids is 1. The monoisotopic (exact) mass is 311 g/mol. The molecule has 0 aliphatic carbocycles. The Morgan fingerprint density at radius 2 is 2.30 bits per heavy atom. The number of nitrogens with one attached hydrogen (secondary N) is 1. The number of nitriles is 1. The van der Waals surface area contributed by atoms with Gasteiger partial charge < -0.3 is 20.1 Å². The van der Waals surface area contributed by atoms with Crippen molar-refractivity contribution in [3.8, 4) is 11.8 Å². The normalized spacial score (nSPS) is 22.9. The summed E-state index contributed by atoms with van der Waals surface area (Å²) >= 11 is 0. The number of phenols is 1. The molecule has 6 heteroatoms. The SMILES string of the molecule is CO[C@H]1Nc2c(ccc(C)c2O)C(=O)N2C=C(/C=C/C#N)C[C@@H]12. The van der Waals surface area contributed by atoms with Crippen LogP contribution in [0.5, 0.6) is 5.75 Å². The highest BCUT2D eigenvalue weighted by Crippen LogP contribution is 2.38. The number of anilines is 1. The van der Waals surface area contributed by atoms with Crippen molar-refractivity contribution in [2.24, 2.45) is 0 Å². The van der Waals surface area contributed by atoms with Crippen molar-refractivity contribution in [1.82, 2.24) is 4.90 Å². The predicted octanol–water partition coefficient (Wildman–Crippen LogP) is 2.28. The summed E-state index contributed by atoms with van der Waals surface area (Å²) in [5, 5.41) is 22.1. The topological polar surface area (TPSA) is 85.6 Å². The van der Waals surface area contributed by atoms with Gasteiger partial charge in [-0.1, -0.05) is 6.07 Å². The summed E-state index contributed by atoms with van der Waals surface area (Å²) in [5.74, 6) is -0.139. The van der Waals surface area contributed by atoms with E-state index in [0.29, 0.717) is 23.2 Å². The summed E-state index contributed by atoms with van der Waals surface area (Å²) in [5.41, 5.74) is 2.38. The van der Waals surface area contributed by atoms with Crippen LogP contribution in [0.1, 0.15) is 22.3 Å². The molecular weight excluding hydrogens is 294 g/mol. The van der Waals surface area contributed by atoms with Gasteiger partial charge in [0.25, 0.3) is 5.91 Å². The zero-order valence-corrected chi connectivity index (χ0v) is 12.9. The van der Waals surface area contributed by atoms with Gasteiger partial charge in [-0.25, -0.2) is 0 Å². The lowest BCUT2D eigenvalue weighted by atomic mass is 10.1. The van der Waals surface area contributed by atoms with E-state index in [1.165, 1.54) is 6.08 Å². The molecule has 0 spiro atoms. The van der Waals surface area contributed by atoms with Gasteiger partial charge in [-0.05, 0) is 36.6 Å². The number of fused-ring (bicyclic) bond motifs is 2. The lowest BCUT2D eigenvalue weighted by Crippen LogP contribution is -2.43. The first-order chi connectivity index (χ1) is 11.1. The van der Waals surface area contributed by atoms with Gasteiger partial charge in [0.2, 0.25) is 0 Å². The lowest BCUT2D eigenvalue weighted by molar-refractivity contribution is 0.0479. The number of hydrogen-bond donors (Lipinski definition) is 2. The van der Waals surface area contributed by atoms with E-state index in [4.69, 9.17) is 10.00 Å². The maximum absolute atomic E-state index is 12.8. The summed E-state index contributed by atoms with van der Waals surface area (Å²) in [6, 6.07) is 5.13. The Kier molecular flexibility index (Phi) is 3.80. The molecule has 0 saturated heterocycles. The van der Waals surface area contributed by atoms with Gasteiger partial charge in [0, 0.05) is 19.4 Å². The number of rotatable bonds is 2.